The third-order valence-electron chi connectivity index (χ3n) is 5.90. The highest BCUT2D eigenvalue weighted by molar-refractivity contribution is 9.11. The Balaban J connectivity index is 1.92. The summed E-state index contributed by atoms with van der Waals surface area (Å²) in [5, 5.41) is 0. The van der Waals surface area contributed by atoms with Gasteiger partial charge in [-0.05, 0) is 87.2 Å². The van der Waals surface area contributed by atoms with Crippen molar-refractivity contribution >= 4 is 55.2 Å². The Bertz CT molecular complexity index is 1660. The predicted octanol–water partition coefficient (Wildman–Crippen LogP) is 4.91. The van der Waals surface area contributed by atoms with Gasteiger partial charge >= 0.3 is 5.97 Å². The lowest BCUT2D eigenvalue weighted by molar-refractivity contribution is -0.139. The van der Waals surface area contributed by atoms with Gasteiger partial charge in [0.05, 0.1) is 51.6 Å². The molecule has 1 aromatic heterocycles. The van der Waals surface area contributed by atoms with Crippen molar-refractivity contribution in [2.45, 2.75) is 19.9 Å². The second-order valence-electron chi connectivity index (χ2n) is 8.33. The van der Waals surface area contributed by atoms with E-state index in [-0.39, 0.29) is 12.2 Å². The number of aromatic nitrogens is 1. The first kappa shape index (κ1) is 28.8. The lowest BCUT2D eigenvalue weighted by atomic mass is 9.96. The normalized spacial score (nSPS) is 14.9. The molecule has 0 aliphatic carbocycles. The minimum atomic E-state index is -0.736. The number of hydrogen-bond donors (Lipinski definition) is 0. The molecule has 2 aromatic carbocycles. The fraction of sp³-hybridized carbons (Fsp3) is 0.250. The Labute approximate surface area is 246 Å². The summed E-state index contributed by atoms with van der Waals surface area (Å²) in [6, 6.07) is 8.34. The molecule has 3 aromatic rings. The number of hydrogen-bond acceptors (Lipinski definition) is 8. The first-order valence-corrected chi connectivity index (χ1v) is 14.3. The van der Waals surface area contributed by atoms with Crippen LogP contribution in [0, 0.1) is 0 Å². The molecular weight excluding hydrogens is 652 g/mol. The van der Waals surface area contributed by atoms with E-state index in [0.29, 0.717) is 59.0 Å². The monoisotopic (exact) mass is 676 g/mol. The van der Waals surface area contributed by atoms with Gasteiger partial charge in [-0.25, -0.2) is 9.79 Å². The quantitative estimate of drug-likeness (QED) is 0.237. The number of halogens is 2. The first-order valence-electron chi connectivity index (χ1n) is 11.9. The average Bonchev–Trinajstić information content (AvgIpc) is 3.20. The lowest BCUT2D eigenvalue weighted by Crippen LogP contribution is -2.40. The third kappa shape index (κ3) is 5.75. The van der Waals surface area contributed by atoms with Crippen molar-refractivity contribution in [2.75, 3.05) is 27.4 Å². The average molecular weight is 678 g/mol. The smallest absolute Gasteiger partial charge is 0.338 e. The number of rotatable bonds is 9. The van der Waals surface area contributed by atoms with Crippen LogP contribution >= 0.6 is 43.2 Å². The molecule has 0 saturated heterocycles. The van der Waals surface area contributed by atoms with Crippen LogP contribution in [0.25, 0.3) is 6.08 Å². The topological polar surface area (TPSA) is 88.4 Å². The highest BCUT2D eigenvalue weighted by Gasteiger charge is 2.33. The maximum atomic E-state index is 13.9. The number of methoxy groups -OCH3 is 2. The van der Waals surface area contributed by atoms with E-state index in [4.69, 9.17) is 18.9 Å². The van der Waals surface area contributed by atoms with Crippen LogP contribution in [-0.4, -0.2) is 38.0 Å². The van der Waals surface area contributed by atoms with Crippen LogP contribution in [-0.2, 0) is 9.53 Å². The fourth-order valence-corrected chi connectivity index (χ4v) is 6.40. The second kappa shape index (κ2) is 12.4. The zero-order chi connectivity index (χ0) is 28.3. The molecule has 2 heterocycles. The maximum Gasteiger partial charge on any atom is 0.338 e. The third-order valence-corrected chi connectivity index (χ3v) is 8.10. The Hall–Kier alpha value is -3.15. The van der Waals surface area contributed by atoms with Crippen molar-refractivity contribution in [3.05, 3.63) is 94.0 Å². The molecule has 39 heavy (non-hydrogen) atoms. The Kier molecular flexibility index (Phi) is 9.14. The summed E-state index contributed by atoms with van der Waals surface area (Å²) >= 11 is 8.30. The van der Waals surface area contributed by atoms with Crippen molar-refractivity contribution in [1.82, 2.24) is 4.57 Å². The van der Waals surface area contributed by atoms with Crippen LogP contribution in [0.1, 0.15) is 31.0 Å². The lowest BCUT2D eigenvalue weighted by Gasteiger charge is -2.25. The second-order valence-corrected chi connectivity index (χ2v) is 11.0. The van der Waals surface area contributed by atoms with Gasteiger partial charge in [0.25, 0.3) is 5.56 Å². The molecule has 1 atom stereocenters. The molecule has 0 amide bonds. The van der Waals surface area contributed by atoms with E-state index in [1.165, 1.54) is 15.9 Å². The van der Waals surface area contributed by atoms with E-state index in [1.54, 1.807) is 52.4 Å². The molecule has 1 aliphatic heterocycles. The summed E-state index contributed by atoms with van der Waals surface area (Å²) in [5.41, 5.74) is 1.94. The molecule has 0 N–H and O–H groups in total. The highest BCUT2D eigenvalue weighted by Crippen LogP contribution is 2.37. The van der Waals surface area contributed by atoms with Crippen LogP contribution in [0.3, 0.4) is 0 Å². The van der Waals surface area contributed by atoms with Gasteiger partial charge in [-0.15, -0.1) is 0 Å². The van der Waals surface area contributed by atoms with E-state index in [0.717, 1.165) is 5.56 Å². The number of carbonyl (C=O) groups is 1. The zero-order valence-electron chi connectivity index (χ0n) is 21.7. The van der Waals surface area contributed by atoms with Gasteiger partial charge in [0.2, 0.25) is 0 Å². The van der Waals surface area contributed by atoms with E-state index >= 15 is 0 Å². The van der Waals surface area contributed by atoms with Crippen molar-refractivity contribution in [1.29, 1.82) is 0 Å². The Morgan fingerprint density at radius 1 is 1.15 bits per heavy atom. The molecule has 204 valence electrons. The number of ether oxygens (including phenoxy) is 4. The van der Waals surface area contributed by atoms with Gasteiger partial charge in [-0.2, -0.15) is 0 Å². The molecule has 0 bridgehead atoms. The van der Waals surface area contributed by atoms with Gasteiger partial charge in [0.1, 0.15) is 12.4 Å². The van der Waals surface area contributed by atoms with Gasteiger partial charge < -0.3 is 18.9 Å². The summed E-state index contributed by atoms with van der Waals surface area (Å²) < 4.78 is 25.3. The number of allylic oxidation sites excluding steroid dienone is 1. The molecule has 1 aliphatic rings. The molecule has 0 saturated carbocycles. The summed E-state index contributed by atoms with van der Waals surface area (Å²) in [6.45, 7) is 7.68. The van der Waals surface area contributed by atoms with E-state index in [9.17, 15) is 9.59 Å². The largest absolute Gasteiger partial charge is 0.496 e. The molecule has 4 rings (SSSR count). The SMILES string of the molecule is C=CCOc1c(Br)cc(/C=c2/sc3n(c2=O)[C@H](c2ccc(OC)c(Br)c2)C(C(=O)OCC)=C(C)N=3)cc1OC. The van der Waals surface area contributed by atoms with Crippen molar-refractivity contribution in [2.24, 2.45) is 4.99 Å². The minimum absolute atomic E-state index is 0.197. The van der Waals surface area contributed by atoms with E-state index < -0.39 is 12.0 Å². The van der Waals surface area contributed by atoms with Crippen molar-refractivity contribution < 1.29 is 23.7 Å². The molecule has 8 nitrogen and oxygen atoms in total. The van der Waals surface area contributed by atoms with Gasteiger partial charge in [-0.1, -0.05) is 30.1 Å². The predicted molar refractivity (Wildman–Crippen MR) is 157 cm³/mol. The van der Waals surface area contributed by atoms with Crippen LogP contribution in [0.4, 0.5) is 0 Å². The summed E-state index contributed by atoms with van der Waals surface area (Å²) in [7, 11) is 3.12. The zero-order valence-corrected chi connectivity index (χ0v) is 25.7. The van der Waals surface area contributed by atoms with Gasteiger partial charge in [0.15, 0.2) is 16.3 Å². The van der Waals surface area contributed by atoms with Gasteiger partial charge in [-0.3, -0.25) is 9.36 Å². The number of nitrogens with zero attached hydrogens (tertiary/aromatic N) is 2. The molecule has 11 heteroatoms. The van der Waals surface area contributed by atoms with Crippen LogP contribution in [0.15, 0.2) is 73.0 Å². The fourth-order valence-electron chi connectivity index (χ4n) is 4.22. The standard InChI is InChI=1S/C28H26Br2N2O6S/c1-6-10-38-25-19(30)11-16(12-21(25)36-5)13-22-26(33)32-24(17-8-9-20(35-4)18(29)14-17)23(27(34)37-7-2)15(3)31-28(32)39-22/h6,8-9,11-14,24H,1,7,10H2,2-5H3/b22-13+/t24-/m1/s1. The number of benzene rings is 2. The van der Waals surface area contributed by atoms with E-state index in [1.807, 2.05) is 18.2 Å². The van der Waals surface area contributed by atoms with Crippen molar-refractivity contribution in [3.63, 3.8) is 0 Å². The molecule has 0 radical (unpaired) electrons. The molecule has 0 spiro atoms. The molecule has 0 unspecified atom stereocenters. The molecular formula is C28H26Br2N2O6S. The Morgan fingerprint density at radius 2 is 1.90 bits per heavy atom. The number of fused-ring (bicyclic) bond motifs is 1. The number of esters is 1. The van der Waals surface area contributed by atoms with Crippen LogP contribution < -0.4 is 29.1 Å². The summed E-state index contributed by atoms with van der Waals surface area (Å²) in [5.74, 6) is 1.15. The first-order chi connectivity index (χ1) is 18.7. The summed E-state index contributed by atoms with van der Waals surface area (Å²) in [4.78, 5) is 32.1. The molecule has 0 fully saturated rings. The Morgan fingerprint density at radius 3 is 2.54 bits per heavy atom. The highest BCUT2D eigenvalue weighted by atomic mass is 79.9. The van der Waals surface area contributed by atoms with Crippen LogP contribution in [0.5, 0.6) is 17.2 Å². The van der Waals surface area contributed by atoms with Gasteiger partial charge in [0, 0.05) is 0 Å². The minimum Gasteiger partial charge on any atom is -0.496 e. The number of thiazole rings is 1. The van der Waals surface area contributed by atoms with Crippen LogP contribution in [0.2, 0.25) is 0 Å². The van der Waals surface area contributed by atoms with Crippen molar-refractivity contribution in [3.8, 4) is 17.2 Å². The van der Waals surface area contributed by atoms with E-state index in [2.05, 4.69) is 43.4 Å². The summed E-state index contributed by atoms with van der Waals surface area (Å²) in [6.07, 6.45) is 3.41. The maximum absolute atomic E-state index is 13.9. The number of carbonyl (C=O) groups excluding carboxylic acids is 1.